The van der Waals surface area contributed by atoms with Crippen molar-refractivity contribution >= 4 is 27.8 Å². The SMILES string of the molecule is CCC1C(c2ccc3ccccc3c2-c2ccc(C3N=C(c4ccccc4)C(CC)C(c4ccccc4)C(C)C3C)cc2)=CC(c2ccccc2)=NC1c1ccccc1. The van der Waals surface area contributed by atoms with Crippen LogP contribution in [-0.4, -0.2) is 11.4 Å². The Balaban J connectivity index is 1.18. The highest BCUT2D eigenvalue weighted by Crippen LogP contribution is 2.49. The van der Waals surface area contributed by atoms with Crippen LogP contribution in [0.25, 0.3) is 27.5 Å². The van der Waals surface area contributed by atoms with Crippen LogP contribution in [0.5, 0.6) is 0 Å². The van der Waals surface area contributed by atoms with E-state index in [2.05, 4.69) is 216 Å². The first-order valence-electron chi connectivity index (χ1n) is 21.7. The van der Waals surface area contributed by atoms with Crippen LogP contribution in [-0.2, 0) is 0 Å². The molecule has 0 radical (unpaired) electrons. The second-order valence-electron chi connectivity index (χ2n) is 16.7. The molecule has 0 aromatic heterocycles. The number of rotatable bonds is 9. The molecule has 0 fully saturated rings. The van der Waals surface area contributed by atoms with Crippen molar-refractivity contribution in [2.75, 3.05) is 0 Å². The zero-order valence-electron chi connectivity index (χ0n) is 34.7. The van der Waals surface area contributed by atoms with Gasteiger partial charge in [0.2, 0.25) is 0 Å². The Bertz CT molecular complexity index is 2610. The van der Waals surface area contributed by atoms with Crippen molar-refractivity contribution in [1.29, 1.82) is 0 Å². The largest absolute Gasteiger partial charge is 0.280 e. The van der Waals surface area contributed by atoms with Gasteiger partial charge in [0.1, 0.15) is 0 Å². The lowest BCUT2D eigenvalue weighted by Gasteiger charge is -2.34. The molecule has 0 aliphatic carbocycles. The van der Waals surface area contributed by atoms with Crippen molar-refractivity contribution in [2.45, 2.75) is 58.5 Å². The van der Waals surface area contributed by atoms with Gasteiger partial charge in [0.15, 0.2) is 0 Å². The molecule has 2 aliphatic heterocycles. The number of allylic oxidation sites excluding steroid dienone is 1. The molecule has 9 rings (SSSR count). The van der Waals surface area contributed by atoms with Crippen LogP contribution in [0.15, 0.2) is 198 Å². The lowest BCUT2D eigenvalue weighted by atomic mass is 9.69. The average Bonchev–Trinajstić information content (AvgIpc) is 3.42. The molecule has 0 amide bonds. The third kappa shape index (κ3) is 7.42. The molecule has 7 aromatic carbocycles. The highest BCUT2D eigenvalue weighted by molar-refractivity contribution is 6.15. The number of dihydropyridines is 1. The van der Waals surface area contributed by atoms with Crippen LogP contribution < -0.4 is 0 Å². The molecule has 2 nitrogen and oxygen atoms in total. The predicted octanol–water partition coefficient (Wildman–Crippen LogP) is 14.8. The number of hydrogen-bond acceptors (Lipinski definition) is 2. The van der Waals surface area contributed by atoms with E-state index >= 15 is 0 Å². The van der Waals surface area contributed by atoms with Crippen LogP contribution in [0.2, 0.25) is 0 Å². The van der Waals surface area contributed by atoms with Crippen LogP contribution in [0.4, 0.5) is 0 Å². The summed E-state index contributed by atoms with van der Waals surface area (Å²) in [6.07, 6.45) is 4.40. The number of nitrogens with zero attached hydrogens (tertiary/aromatic N) is 2. The van der Waals surface area contributed by atoms with Gasteiger partial charge in [0.25, 0.3) is 0 Å². The van der Waals surface area contributed by atoms with Crippen molar-refractivity contribution in [3.63, 3.8) is 0 Å². The quantitative estimate of drug-likeness (QED) is 0.140. The van der Waals surface area contributed by atoms with Gasteiger partial charge < -0.3 is 0 Å². The summed E-state index contributed by atoms with van der Waals surface area (Å²) in [6.45, 7) is 9.56. The average molecular weight is 767 g/mol. The Morgan fingerprint density at radius 3 is 1.64 bits per heavy atom. The second-order valence-corrected chi connectivity index (χ2v) is 16.7. The minimum atomic E-state index is 0.0140. The molecule has 0 N–H and O–H groups in total. The van der Waals surface area contributed by atoms with Gasteiger partial charge in [-0.25, -0.2) is 0 Å². The van der Waals surface area contributed by atoms with E-state index in [1.165, 1.54) is 61.0 Å². The van der Waals surface area contributed by atoms with E-state index in [1.807, 2.05) is 0 Å². The highest BCUT2D eigenvalue weighted by atomic mass is 14.8. The third-order valence-corrected chi connectivity index (χ3v) is 13.4. The van der Waals surface area contributed by atoms with Crippen molar-refractivity contribution in [2.24, 2.45) is 33.7 Å². The molecular formula is C57H54N2. The summed E-state index contributed by atoms with van der Waals surface area (Å²) in [7, 11) is 0. The first kappa shape index (κ1) is 38.4. The standard InChI is InChI=1S/C57H54N2/c1-5-47-51(37-52(41-22-11-7-12-23-41)58-56(47)44-26-15-9-16-27-44)50-36-35-40-21-19-20-30-49(40)54(50)43-31-33-46(34-32-43)55-39(4)38(3)53(42-24-13-8-14-25-42)48(6-2)57(59-55)45-28-17-10-18-29-45/h7-39,47-48,53,55-56H,5-6H2,1-4H3. The molecule has 292 valence electrons. The van der Waals surface area contributed by atoms with E-state index in [0.29, 0.717) is 23.7 Å². The van der Waals surface area contributed by atoms with Crippen LogP contribution in [0.3, 0.4) is 0 Å². The number of aliphatic imine (C=N–C) groups is 2. The van der Waals surface area contributed by atoms with Crippen molar-refractivity contribution < 1.29 is 0 Å². The number of hydrogen-bond donors (Lipinski definition) is 0. The van der Waals surface area contributed by atoms with Gasteiger partial charge >= 0.3 is 0 Å². The van der Waals surface area contributed by atoms with E-state index in [4.69, 9.17) is 9.98 Å². The van der Waals surface area contributed by atoms with Gasteiger partial charge in [-0.15, -0.1) is 0 Å². The minimum Gasteiger partial charge on any atom is -0.280 e. The Morgan fingerprint density at radius 1 is 0.441 bits per heavy atom. The predicted molar refractivity (Wildman–Crippen MR) is 250 cm³/mol. The summed E-state index contributed by atoms with van der Waals surface area (Å²) in [4.78, 5) is 11.3. The van der Waals surface area contributed by atoms with Gasteiger partial charge in [-0.1, -0.05) is 210 Å². The van der Waals surface area contributed by atoms with Gasteiger partial charge in [-0.2, -0.15) is 0 Å². The molecule has 2 aliphatic rings. The van der Waals surface area contributed by atoms with Gasteiger partial charge in [-0.05, 0) is 97.5 Å². The Hall–Kier alpha value is -6.12. The molecule has 2 heteroatoms. The minimum absolute atomic E-state index is 0.0140. The fourth-order valence-corrected chi connectivity index (χ4v) is 10.3. The first-order chi connectivity index (χ1) is 29.0. The lowest BCUT2D eigenvalue weighted by Crippen LogP contribution is -2.28. The van der Waals surface area contributed by atoms with Crippen LogP contribution in [0, 0.1) is 23.7 Å². The maximum Gasteiger partial charge on any atom is 0.0825 e. The summed E-state index contributed by atoms with van der Waals surface area (Å²) in [5.74, 6) is 1.66. The Labute approximate surface area is 351 Å². The van der Waals surface area contributed by atoms with Crippen molar-refractivity contribution in [3.05, 3.63) is 221 Å². The van der Waals surface area contributed by atoms with E-state index in [1.54, 1.807) is 0 Å². The van der Waals surface area contributed by atoms with E-state index in [0.717, 1.165) is 24.1 Å². The molecular weight excluding hydrogens is 713 g/mol. The van der Waals surface area contributed by atoms with Gasteiger partial charge in [0.05, 0.1) is 17.8 Å². The molecule has 0 bridgehead atoms. The zero-order chi connectivity index (χ0) is 40.3. The summed E-state index contributed by atoms with van der Waals surface area (Å²) in [5.41, 5.74) is 13.8. The highest BCUT2D eigenvalue weighted by Gasteiger charge is 2.40. The molecule has 2 heterocycles. The molecule has 7 atom stereocenters. The fourth-order valence-electron chi connectivity index (χ4n) is 10.3. The summed E-state index contributed by atoms with van der Waals surface area (Å²) < 4.78 is 0. The molecule has 0 spiro atoms. The van der Waals surface area contributed by atoms with Crippen molar-refractivity contribution in [1.82, 2.24) is 0 Å². The van der Waals surface area contributed by atoms with E-state index in [-0.39, 0.29) is 18.0 Å². The molecule has 0 saturated heterocycles. The smallest absolute Gasteiger partial charge is 0.0825 e. The Kier molecular flexibility index (Phi) is 11.1. The topological polar surface area (TPSA) is 24.7 Å². The Morgan fingerprint density at radius 2 is 1.00 bits per heavy atom. The summed E-state index contributed by atoms with van der Waals surface area (Å²) in [5, 5.41) is 2.52. The van der Waals surface area contributed by atoms with E-state index in [9.17, 15) is 0 Å². The lowest BCUT2D eigenvalue weighted by molar-refractivity contribution is 0.266. The molecule has 59 heavy (non-hydrogen) atoms. The maximum absolute atomic E-state index is 5.81. The van der Waals surface area contributed by atoms with Gasteiger partial charge in [0, 0.05) is 17.5 Å². The van der Waals surface area contributed by atoms with Crippen molar-refractivity contribution in [3.8, 4) is 11.1 Å². The van der Waals surface area contributed by atoms with Crippen LogP contribution >= 0.6 is 0 Å². The molecule has 7 unspecified atom stereocenters. The monoisotopic (exact) mass is 766 g/mol. The first-order valence-corrected chi connectivity index (χ1v) is 21.7. The summed E-state index contributed by atoms with van der Waals surface area (Å²) >= 11 is 0. The number of benzene rings is 7. The summed E-state index contributed by atoms with van der Waals surface area (Å²) in [6, 6.07) is 66.8. The van der Waals surface area contributed by atoms with Crippen LogP contribution in [0.1, 0.15) is 91.9 Å². The fraction of sp³-hybridized carbons (Fsp3) is 0.228. The molecule has 7 aromatic rings. The second kappa shape index (κ2) is 17.0. The third-order valence-electron chi connectivity index (χ3n) is 13.4. The normalized spacial score (nSPS) is 23.2. The molecule has 0 saturated carbocycles. The zero-order valence-corrected chi connectivity index (χ0v) is 34.7. The van der Waals surface area contributed by atoms with E-state index < -0.39 is 0 Å². The number of fused-ring (bicyclic) bond motifs is 1. The maximum atomic E-state index is 5.81. The van der Waals surface area contributed by atoms with Gasteiger partial charge in [-0.3, -0.25) is 9.98 Å².